The molecule has 0 bridgehead atoms. The molecule has 1 aliphatic rings. The summed E-state index contributed by atoms with van der Waals surface area (Å²) in [4.78, 5) is 0. The predicted molar refractivity (Wildman–Crippen MR) is 50.2 cm³/mol. The Morgan fingerprint density at radius 2 is 2.23 bits per heavy atom. The third-order valence-electron chi connectivity index (χ3n) is 2.96. The molecule has 2 heteroatoms. The first-order valence-corrected chi connectivity index (χ1v) is 5.06. The van der Waals surface area contributed by atoms with Crippen LogP contribution in [0, 0.1) is 5.92 Å². The van der Waals surface area contributed by atoms with Crippen molar-refractivity contribution in [2.24, 2.45) is 5.92 Å². The van der Waals surface area contributed by atoms with Crippen LogP contribution in [0.2, 0.25) is 0 Å². The molecule has 1 atom stereocenters. The van der Waals surface area contributed by atoms with E-state index < -0.39 is 0 Å². The van der Waals surface area contributed by atoms with Crippen molar-refractivity contribution in [2.45, 2.75) is 38.2 Å². The van der Waals surface area contributed by atoms with E-state index in [4.69, 9.17) is 4.42 Å². The molecule has 0 saturated heterocycles. The molecule has 1 heterocycles. The molecule has 0 amide bonds. The average molecular weight is 180 g/mol. The predicted octanol–water partition coefficient (Wildman–Crippen LogP) is 2.89. The van der Waals surface area contributed by atoms with Gasteiger partial charge in [-0.05, 0) is 18.4 Å². The Morgan fingerprint density at radius 3 is 2.85 bits per heavy atom. The summed E-state index contributed by atoms with van der Waals surface area (Å²) >= 11 is 0. The molecule has 72 valence electrons. The van der Waals surface area contributed by atoms with Crippen LogP contribution >= 0.6 is 0 Å². The Hall–Kier alpha value is -0.760. The van der Waals surface area contributed by atoms with Crippen molar-refractivity contribution in [1.29, 1.82) is 0 Å². The minimum absolute atomic E-state index is 0.318. The maximum Gasteiger partial charge on any atom is 0.0960 e. The lowest BCUT2D eigenvalue weighted by Gasteiger charge is -2.13. The van der Waals surface area contributed by atoms with Crippen molar-refractivity contribution in [1.82, 2.24) is 0 Å². The topological polar surface area (TPSA) is 33.4 Å². The fourth-order valence-electron chi connectivity index (χ4n) is 2.16. The summed E-state index contributed by atoms with van der Waals surface area (Å²) < 4.78 is 4.94. The number of rotatable bonds is 3. The van der Waals surface area contributed by atoms with Gasteiger partial charge in [-0.25, -0.2) is 0 Å². The highest BCUT2D eigenvalue weighted by molar-refractivity contribution is 5.09. The van der Waals surface area contributed by atoms with Gasteiger partial charge in [0.25, 0.3) is 0 Å². The summed E-state index contributed by atoms with van der Waals surface area (Å²) in [5.41, 5.74) is 0.923. The molecule has 1 aromatic heterocycles. The second-order valence-electron chi connectivity index (χ2n) is 3.96. The number of hydrogen-bond acceptors (Lipinski definition) is 2. The van der Waals surface area contributed by atoms with Gasteiger partial charge in [-0.1, -0.05) is 25.7 Å². The molecule has 0 radical (unpaired) electrons. The van der Waals surface area contributed by atoms with E-state index in [-0.39, 0.29) is 6.10 Å². The van der Waals surface area contributed by atoms with Crippen molar-refractivity contribution in [3.8, 4) is 0 Å². The molecule has 2 nitrogen and oxygen atoms in total. The fourth-order valence-corrected chi connectivity index (χ4v) is 2.16. The van der Waals surface area contributed by atoms with Crippen LogP contribution in [0.25, 0.3) is 0 Å². The van der Waals surface area contributed by atoms with Gasteiger partial charge in [-0.2, -0.15) is 0 Å². The van der Waals surface area contributed by atoms with Gasteiger partial charge in [0.2, 0.25) is 0 Å². The van der Waals surface area contributed by atoms with Crippen LogP contribution in [0.1, 0.15) is 43.8 Å². The fraction of sp³-hybridized carbons (Fsp3) is 0.636. The largest absolute Gasteiger partial charge is 0.472 e. The highest BCUT2D eigenvalue weighted by Gasteiger charge is 2.19. The molecule has 1 saturated carbocycles. The van der Waals surface area contributed by atoms with E-state index in [0.717, 1.165) is 17.9 Å². The van der Waals surface area contributed by atoms with Gasteiger partial charge in [0.1, 0.15) is 0 Å². The molecule has 1 aromatic rings. The van der Waals surface area contributed by atoms with Crippen molar-refractivity contribution >= 4 is 0 Å². The van der Waals surface area contributed by atoms with E-state index >= 15 is 0 Å². The summed E-state index contributed by atoms with van der Waals surface area (Å²) in [5, 5.41) is 9.81. The highest BCUT2D eigenvalue weighted by atomic mass is 16.3. The number of aliphatic hydroxyl groups is 1. The Balaban J connectivity index is 1.87. The molecule has 0 aliphatic heterocycles. The van der Waals surface area contributed by atoms with E-state index in [9.17, 15) is 5.11 Å². The van der Waals surface area contributed by atoms with Crippen LogP contribution in [0.4, 0.5) is 0 Å². The lowest BCUT2D eigenvalue weighted by molar-refractivity contribution is 0.144. The van der Waals surface area contributed by atoms with Gasteiger partial charge in [0, 0.05) is 5.56 Å². The lowest BCUT2D eigenvalue weighted by atomic mass is 9.97. The average Bonchev–Trinajstić information content (AvgIpc) is 2.74. The van der Waals surface area contributed by atoms with Crippen molar-refractivity contribution in [3.63, 3.8) is 0 Å². The van der Waals surface area contributed by atoms with Crippen molar-refractivity contribution < 1.29 is 9.52 Å². The first-order valence-electron chi connectivity index (χ1n) is 5.06. The molecule has 13 heavy (non-hydrogen) atoms. The van der Waals surface area contributed by atoms with Gasteiger partial charge >= 0.3 is 0 Å². The van der Waals surface area contributed by atoms with E-state index in [0.29, 0.717) is 0 Å². The highest BCUT2D eigenvalue weighted by Crippen LogP contribution is 2.32. The van der Waals surface area contributed by atoms with Crippen molar-refractivity contribution in [3.05, 3.63) is 24.2 Å². The molecule has 0 aromatic carbocycles. The SMILES string of the molecule is OC(CC1CCCC1)c1ccoc1. The van der Waals surface area contributed by atoms with Gasteiger partial charge in [0.05, 0.1) is 18.6 Å². The quantitative estimate of drug-likeness (QED) is 0.775. The second-order valence-corrected chi connectivity index (χ2v) is 3.96. The normalized spacial score (nSPS) is 20.7. The van der Waals surface area contributed by atoms with Crippen LogP contribution in [0.5, 0.6) is 0 Å². The molecule has 1 aliphatic carbocycles. The van der Waals surface area contributed by atoms with Gasteiger partial charge in [-0.15, -0.1) is 0 Å². The Kier molecular flexibility index (Phi) is 2.69. The molecule has 0 spiro atoms. The Bertz CT molecular complexity index is 235. The first kappa shape index (κ1) is 8.82. The van der Waals surface area contributed by atoms with Crippen LogP contribution in [0.15, 0.2) is 23.0 Å². The van der Waals surface area contributed by atoms with Crippen LogP contribution in [-0.2, 0) is 0 Å². The molecule has 1 fully saturated rings. The van der Waals surface area contributed by atoms with E-state index in [2.05, 4.69) is 0 Å². The lowest BCUT2D eigenvalue weighted by Crippen LogP contribution is -2.03. The monoisotopic (exact) mass is 180 g/mol. The third kappa shape index (κ3) is 2.13. The first-order chi connectivity index (χ1) is 6.36. The number of hydrogen-bond donors (Lipinski definition) is 1. The number of furan rings is 1. The maximum atomic E-state index is 9.81. The minimum Gasteiger partial charge on any atom is -0.472 e. The molecular weight excluding hydrogens is 164 g/mol. The van der Waals surface area contributed by atoms with Crippen LogP contribution in [-0.4, -0.2) is 5.11 Å². The minimum atomic E-state index is -0.318. The Morgan fingerprint density at radius 1 is 1.46 bits per heavy atom. The molecule has 1 unspecified atom stereocenters. The van der Waals surface area contributed by atoms with Gasteiger partial charge < -0.3 is 9.52 Å². The van der Waals surface area contributed by atoms with Gasteiger partial charge in [-0.3, -0.25) is 0 Å². The summed E-state index contributed by atoms with van der Waals surface area (Å²) in [5.74, 6) is 0.727. The number of aliphatic hydroxyl groups excluding tert-OH is 1. The Labute approximate surface area is 78.6 Å². The maximum absolute atomic E-state index is 9.81. The zero-order valence-electron chi connectivity index (χ0n) is 7.78. The van der Waals surface area contributed by atoms with E-state index in [1.165, 1.54) is 25.7 Å². The smallest absolute Gasteiger partial charge is 0.0960 e. The summed E-state index contributed by atoms with van der Waals surface area (Å²) in [6.45, 7) is 0. The van der Waals surface area contributed by atoms with E-state index in [1.807, 2.05) is 6.07 Å². The molecule has 2 rings (SSSR count). The van der Waals surface area contributed by atoms with Gasteiger partial charge in [0.15, 0.2) is 0 Å². The molecule has 1 N–H and O–H groups in total. The summed E-state index contributed by atoms with van der Waals surface area (Å²) in [6.07, 6.45) is 9.09. The summed E-state index contributed by atoms with van der Waals surface area (Å²) in [7, 11) is 0. The van der Waals surface area contributed by atoms with Crippen molar-refractivity contribution in [2.75, 3.05) is 0 Å². The molecular formula is C11H16O2. The van der Waals surface area contributed by atoms with Crippen LogP contribution < -0.4 is 0 Å². The van der Waals surface area contributed by atoms with E-state index in [1.54, 1.807) is 12.5 Å². The van der Waals surface area contributed by atoms with Crippen LogP contribution in [0.3, 0.4) is 0 Å². The third-order valence-corrected chi connectivity index (χ3v) is 2.96. The summed E-state index contributed by atoms with van der Waals surface area (Å²) in [6, 6.07) is 1.85. The second kappa shape index (κ2) is 3.97. The zero-order chi connectivity index (χ0) is 9.10. The zero-order valence-corrected chi connectivity index (χ0v) is 7.78. The standard InChI is InChI=1S/C11H16O2/c12-11(10-5-6-13-8-10)7-9-3-1-2-4-9/h5-6,8-9,11-12H,1-4,7H2.